The van der Waals surface area contributed by atoms with Gasteiger partial charge in [0.15, 0.2) is 0 Å². The molecule has 2 rings (SSSR count). The maximum Gasteiger partial charge on any atom is 0.110 e. The highest BCUT2D eigenvalue weighted by molar-refractivity contribution is 5.20. The van der Waals surface area contributed by atoms with E-state index in [-0.39, 0.29) is 0 Å². The van der Waals surface area contributed by atoms with Crippen LogP contribution in [0, 0.1) is 0 Å². The molecule has 1 N–H and O–H groups in total. The normalized spacial score (nSPS) is 12.6. The van der Waals surface area contributed by atoms with Gasteiger partial charge >= 0.3 is 0 Å². The van der Waals surface area contributed by atoms with Crippen LogP contribution in [0.4, 0.5) is 0 Å². The molecule has 0 spiro atoms. The van der Waals surface area contributed by atoms with Gasteiger partial charge in [0.2, 0.25) is 0 Å². The standard InChI is InChI=1S/C15H21N3/c1-3-16-14(13-8-6-5-7-9-13)12-15-17-10-11-18(15)4-2/h5-11,14,16H,3-4,12H2,1-2H3. The average Bonchev–Trinajstić information content (AvgIpc) is 2.86. The number of aryl methyl sites for hydroxylation is 1. The summed E-state index contributed by atoms with van der Waals surface area (Å²) in [6.07, 6.45) is 4.86. The third kappa shape index (κ3) is 2.99. The Morgan fingerprint density at radius 1 is 1.22 bits per heavy atom. The lowest BCUT2D eigenvalue weighted by Gasteiger charge is -2.18. The quantitative estimate of drug-likeness (QED) is 0.845. The molecule has 0 fully saturated rings. The van der Waals surface area contributed by atoms with Crippen LogP contribution in [0.2, 0.25) is 0 Å². The topological polar surface area (TPSA) is 29.9 Å². The minimum atomic E-state index is 0.337. The molecule has 0 saturated carbocycles. The van der Waals surface area contributed by atoms with Gasteiger partial charge in [-0.3, -0.25) is 0 Å². The first-order valence-electron chi connectivity index (χ1n) is 6.63. The largest absolute Gasteiger partial charge is 0.335 e. The molecular formula is C15H21N3. The van der Waals surface area contributed by atoms with Crippen molar-refractivity contribution in [2.45, 2.75) is 32.9 Å². The van der Waals surface area contributed by atoms with Crippen molar-refractivity contribution in [3.8, 4) is 0 Å². The predicted octanol–water partition coefficient (Wildman–Crippen LogP) is 2.80. The molecule has 1 atom stereocenters. The molecule has 0 saturated heterocycles. The van der Waals surface area contributed by atoms with Crippen LogP contribution in [-0.2, 0) is 13.0 Å². The van der Waals surface area contributed by atoms with Crippen LogP contribution in [0.3, 0.4) is 0 Å². The smallest absolute Gasteiger partial charge is 0.110 e. The van der Waals surface area contributed by atoms with Gasteiger partial charge in [-0.1, -0.05) is 37.3 Å². The Balaban J connectivity index is 2.16. The van der Waals surface area contributed by atoms with Crippen molar-refractivity contribution in [1.82, 2.24) is 14.9 Å². The van der Waals surface area contributed by atoms with Crippen molar-refractivity contribution in [1.29, 1.82) is 0 Å². The van der Waals surface area contributed by atoms with E-state index in [2.05, 4.69) is 59.0 Å². The summed E-state index contributed by atoms with van der Waals surface area (Å²) < 4.78 is 2.20. The van der Waals surface area contributed by atoms with E-state index in [9.17, 15) is 0 Å². The zero-order chi connectivity index (χ0) is 12.8. The average molecular weight is 243 g/mol. The van der Waals surface area contributed by atoms with Gasteiger partial charge in [0.25, 0.3) is 0 Å². The Kier molecular flexibility index (Phi) is 4.53. The molecule has 2 aromatic rings. The highest BCUT2D eigenvalue weighted by Crippen LogP contribution is 2.17. The number of benzene rings is 1. The predicted molar refractivity (Wildman–Crippen MR) is 74.5 cm³/mol. The molecule has 1 unspecified atom stereocenters. The summed E-state index contributed by atoms with van der Waals surface area (Å²) in [4.78, 5) is 4.46. The Morgan fingerprint density at radius 2 is 2.00 bits per heavy atom. The number of likely N-dealkylation sites (N-methyl/N-ethyl adjacent to an activating group) is 1. The molecule has 0 aliphatic carbocycles. The lowest BCUT2D eigenvalue weighted by Crippen LogP contribution is -2.24. The van der Waals surface area contributed by atoms with Gasteiger partial charge in [-0.2, -0.15) is 0 Å². The molecule has 1 heterocycles. The molecule has 1 aromatic carbocycles. The van der Waals surface area contributed by atoms with E-state index in [1.807, 2.05) is 12.4 Å². The summed E-state index contributed by atoms with van der Waals surface area (Å²) in [6, 6.07) is 10.9. The van der Waals surface area contributed by atoms with E-state index < -0.39 is 0 Å². The van der Waals surface area contributed by atoms with Gasteiger partial charge in [-0.05, 0) is 19.0 Å². The molecule has 3 nitrogen and oxygen atoms in total. The third-order valence-corrected chi connectivity index (χ3v) is 3.18. The minimum Gasteiger partial charge on any atom is -0.335 e. The second-order valence-corrected chi connectivity index (χ2v) is 4.35. The fourth-order valence-electron chi connectivity index (χ4n) is 2.24. The molecular weight excluding hydrogens is 222 g/mol. The zero-order valence-corrected chi connectivity index (χ0v) is 11.1. The van der Waals surface area contributed by atoms with Crippen molar-refractivity contribution in [2.75, 3.05) is 6.54 Å². The van der Waals surface area contributed by atoms with Crippen LogP contribution in [0.1, 0.15) is 31.3 Å². The van der Waals surface area contributed by atoms with Crippen LogP contribution in [0.25, 0.3) is 0 Å². The second kappa shape index (κ2) is 6.36. The Labute approximate surface area is 109 Å². The summed E-state index contributed by atoms with van der Waals surface area (Å²) >= 11 is 0. The summed E-state index contributed by atoms with van der Waals surface area (Å²) in [5.41, 5.74) is 1.32. The Morgan fingerprint density at radius 3 is 2.67 bits per heavy atom. The molecule has 0 radical (unpaired) electrons. The van der Waals surface area contributed by atoms with E-state index in [0.717, 1.165) is 25.3 Å². The van der Waals surface area contributed by atoms with Crippen LogP contribution in [0.15, 0.2) is 42.7 Å². The summed E-state index contributed by atoms with van der Waals surface area (Å²) in [5.74, 6) is 1.15. The van der Waals surface area contributed by atoms with Crippen LogP contribution < -0.4 is 5.32 Å². The first-order chi connectivity index (χ1) is 8.85. The van der Waals surface area contributed by atoms with Crippen molar-refractivity contribution in [3.05, 3.63) is 54.1 Å². The monoisotopic (exact) mass is 243 g/mol. The summed E-state index contributed by atoms with van der Waals surface area (Å²) in [7, 11) is 0. The minimum absolute atomic E-state index is 0.337. The number of rotatable bonds is 6. The van der Waals surface area contributed by atoms with Gasteiger partial charge in [-0.15, -0.1) is 0 Å². The Hall–Kier alpha value is -1.61. The number of aromatic nitrogens is 2. The van der Waals surface area contributed by atoms with E-state index in [1.54, 1.807) is 0 Å². The van der Waals surface area contributed by atoms with Gasteiger partial charge in [0.05, 0.1) is 0 Å². The number of nitrogens with zero attached hydrogens (tertiary/aromatic N) is 2. The van der Waals surface area contributed by atoms with Gasteiger partial charge in [0, 0.05) is 31.4 Å². The maximum absolute atomic E-state index is 4.46. The molecule has 96 valence electrons. The van der Waals surface area contributed by atoms with Crippen molar-refractivity contribution >= 4 is 0 Å². The molecule has 0 bridgehead atoms. The van der Waals surface area contributed by atoms with Gasteiger partial charge in [-0.25, -0.2) is 4.98 Å². The first kappa shape index (κ1) is 12.8. The number of hydrogen-bond acceptors (Lipinski definition) is 2. The lowest BCUT2D eigenvalue weighted by atomic mass is 10.0. The Bertz CT molecular complexity index is 462. The van der Waals surface area contributed by atoms with E-state index in [4.69, 9.17) is 0 Å². The van der Waals surface area contributed by atoms with Crippen molar-refractivity contribution in [3.63, 3.8) is 0 Å². The first-order valence-corrected chi connectivity index (χ1v) is 6.63. The van der Waals surface area contributed by atoms with Crippen molar-refractivity contribution in [2.24, 2.45) is 0 Å². The molecule has 0 aliphatic heterocycles. The molecule has 1 aromatic heterocycles. The second-order valence-electron chi connectivity index (χ2n) is 4.35. The molecule has 3 heteroatoms. The highest BCUT2D eigenvalue weighted by atomic mass is 15.1. The number of hydrogen-bond donors (Lipinski definition) is 1. The van der Waals surface area contributed by atoms with Crippen molar-refractivity contribution < 1.29 is 0 Å². The van der Waals surface area contributed by atoms with Gasteiger partial charge in [0.1, 0.15) is 5.82 Å². The van der Waals surface area contributed by atoms with Gasteiger partial charge < -0.3 is 9.88 Å². The molecule has 0 aliphatic rings. The summed E-state index contributed by atoms with van der Waals surface area (Å²) in [5, 5.41) is 3.54. The van der Waals surface area contributed by atoms with E-state index >= 15 is 0 Å². The van der Waals surface area contributed by atoms with Crippen LogP contribution in [0.5, 0.6) is 0 Å². The summed E-state index contributed by atoms with van der Waals surface area (Å²) in [6.45, 7) is 6.23. The van der Waals surface area contributed by atoms with E-state index in [1.165, 1.54) is 5.56 Å². The van der Waals surface area contributed by atoms with Crippen LogP contribution >= 0.6 is 0 Å². The maximum atomic E-state index is 4.46. The van der Waals surface area contributed by atoms with E-state index in [0.29, 0.717) is 6.04 Å². The fraction of sp³-hybridized carbons (Fsp3) is 0.400. The van der Waals surface area contributed by atoms with Crippen LogP contribution in [-0.4, -0.2) is 16.1 Å². The lowest BCUT2D eigenvalue weighted by molar-refractivity contribution is 0.522. The zero-order valence-electron chi connectivity index (χ0n) is 11.1. The molecule has 18 heavy (non-hydrogen) atoms. The third-order valence-electron chi connectivity index (χ3n) is 3.18. The number of imidazole rings is 1. The number of nitrogens with one attached hydrogen (secondary N) is 1. The fourth-order valence-corrected chi connectivity index (χ4v) is 2.24. The highest BCUT2D eigenvalue weighted by Gasteiger charge is 2.13. The molecule has 0 amide bonds. The SMILES string of the molecule is CCNC(Cc1nccn1CC)c1ccccc1.